The van der Waals surface area contributed by atoms with Gasteiger partial charge in [0.25, 0.3) is 0 Å². The number of rotatable bonds is 5. The number of amides is 1. The lowest BCUT2D eigenvalue weighted by Crippen LogP contribution is -2.39. The summed E-state index contributed by atoms with van der Waals surface area (Å²) < 4.78 is 5.64. The van der Waals surface area contributed by atoms with Crippen LogP contribution in [0.3, 0.4) is 0 Å². The monoisotopic (exact) mass is 262 g/mol. The van der Waals surface area contributed by atoms with Crippen LogP contribution in [0.25, 0.3) is 0 Å². The van der Waals surface area contributed by atoms with Gasteiger partial charge in [-0.25, -0.2) is 0 Å². The number of aromatic nitrogens is 1. The molecular weight excluding hydrogens is 240 g/mol. The van der Waals surface area contributed by atoms with E-state index in [-0.39, 0.29) is 17.9 Å². The van der Waals surface area contributed by atoms with Gasteiger partial charge in [0.1, 0.15) is 0 Å². The van der Waals surface area contributed by atoms with Gasteiger partial charge < -0.3 is 9.64 Å². The van der Waals surface area contributed by atoms with E-state index < -0.39 is 0 Å². The lowest BCUT2D eigenvalue weighted by atomic mass is 10.1. The van der Waals surface area contributed by atoms with Crippen molar-refractivity contribution in [3.63, 3.8) is 0 Å². The Labute approximate surface area is 114 Å². The molecule has 1 saturated heterocycles. The van der Waals surface area contributed by atoms with Crippen LogP contribution in [0.15, 0.2) is 24.5 Å². The summed E-state index contributed by atoms with van der Waals surface area (Å²) in [5, 5.41) is 0. The smallest absolute Gasteiger partial charge is 0.225 e. The molecule has 0 N–H and O–H groups in total. The van der Waals surface area contributed by atoms with E-state index in [2.05, 4.69) is 4.98 Å². The first-order valence-electron chi connectivity index (χ1n) is 6.96. The van der Waals surface area contributed by atoms with Gasteiger partial charge in [0.2, 0.25) is 5.91 Å². The molecule has 2 heterocycles. The zero-order valence-electron chi connectivity index (χ0n) is 11.7. The SMILES string of the molecule is CC(C)C(=O)N(Cc1cccnc1)CC1CCCO1. The van der Waals surface area contributed by atoms with Crippen LogP contribution in [0.1, 0.15) is 32.3 Å². The first kappa shape index (κ1) is 14.0. The number of nitrogens with zero attached hydrogens (tertiary/aromatic N) is 2. The number of pyridine rings is 1. The largest absolute Gasteiger partial charge is 0.376 e. The molecule has 104 valence electrons. The van der Waals surface area contributed by atoms with Gasteiger partial charge in [0.05, 0.1) is 6.10 Å². The summed E-state index contributed by atoms with van der Waals surface area (Å²) in [4.78, 5) is 18.3. The van der Waals surface area contributed by atoms with E-state index in [1.165, 1.54) is 0 Å². The Hall–Kier alpha value is -1.42. The Kier molecular flexibility index (Phi) is 4.91. The van der Waals surface area contributed by atoms with E-state index in [9.17, 15) is 4.79 Å². The molecule has 1 aliphatic heterocycles. The van der Waals surface area contributed by atoms with E-state index in [0.717, 1.165) is 25.0 Å². The van der Waals surface area contributed by atoms with Crippen LogP contribution in [0, 0.1) is 5.92 Å². The fraction of sp³-hybridized carbons (Fsp3) is 0.600. The van der Waals surface area contributed by atoms with E-state index in [1.807, 2.05) is 37.1 Å². The lowest BCUT2D eigenvalue weighted by molar-refractivity contribution is -0.136. The third-order valence-corrected chi connectivity index (χ3v) is 3.35. The molecule has 19 heavy (non-hydrogen) atoms. The van der Waals surface area contributed by atoms with Gasteiger partial charge in [-0.05, 0) is 24.5 Å². The summed E-state index contributed by atoms with van der Waals surface area (Å²) in [5.74, 6) is 0.192. The second-order valence-electron chi connectivity index (χ2n) is 5.37. The predicted octanol–water partition coefficient (Wildman–Crippen LogP) is 2.25. The highest BCUT2D eigenvalue weighted by molar-refractivity contribution is 5.78. The molecule has 4 heteroatoms. The number of hydrogen-bond acceptors (Lipinski definition) is 3. The molecule has 4 nitrogen and oxygen atoms in total. The third kappa shape index (κ3) is 4.03. The van der Waals surface area contributed by atoms with Crippen molar-refractivity contribution in [1.82, 2.24) is 9.88 Å². The molecule has 0 saturated carbocycles. The van der Waals surface area contributed by atoms with Gasteiger partial charge in [-0.15, -0.1) is 0 Å². The zero-order chi connectivity index (χ0) is 13.7. The molecule has 1 aromatic heterocycles. The Morgan fingerprint density at radius 2 is 2.42 bits per heavy atom. The van der Waals surface area contributed by atoms with Crippen LogP contribution < -0.4 is 0 Å². The molecule has 0 radical (unpaired) electrons. The molecule has 0 bridgehead atoms. The van der Waals surface area contributed by atoms with Gasteiger partial charge in [-0.3, -0.25) is 9.78 Å². The molecule has 1 unspecified atom stereocenters. The highest BCUT2D eigenvalue weighted by Crippen LogP contribution is 2.16. The highest BCUT2D eigenvalue weighted by Gasteiger charge is 2.24. The van der Waals surface area contributed by atoms with Crippen molar-refractivity contribution in [2.45, 2.75) is 39.3 Å². The maximum Gasteiger partial charge on any atom is 0.225 e. The minimum atomic E-state index is 0.0121. The van der Waals surface area contributed by atoms with Gasteiger partial charge in [0, 0.05) is 38.0 Å². The Morgan fingerprint density at radius 3 is 3.00 bits per heavy atom. The van der Waals surface area contributed by atoms with E-state index in [1.54, 1.807) is 6.20 Å². The minimum Gasteiger partial charge on any atom is -0.376 e. The third-order valence-electron chi connectivity index (χ3n) is 3.35. The van der Waals surface area contributed by atoms with E-state index in [4.69, 9.17) is 4.74 Å². The van der Waals surface area contributed by atoms with Crippen molar-refractivity contribution >= 4 is 5.91 Å². The van der Waals surface area contributed by atoms with Crippen molar-refractivity contribution in [3.05, 3.63) is 30.1 Å². The Balaban J connectivity index is 2.02. The molecule has 1 atom stereocenters. The van der Waals surface area contributed by atoms with Gasteiger partial charge in [0.15, 0.2) is 0 Å². The second-order valence-corrected chi connectivity index (χ2v) is 5.37. The number of ether oxygens (including phenoxy) is 1. The first-order valence-corrected chi connectivity index (χ1v) is 6.96. The van der Waals surface area contributed by atoms with Crippen molar-refractivity contribution < 1.29 is 9.53 Å². The van der Waals surface area contributed by atoms with Gasteiger partial charge in [-0.2, -0.15) is 0 Å². The van der Waals surface area contributed by atoms with Crippen molar-refractivity contribution in [1.29, 1.82) is 0 Å². The molecule has 0 aliphatic carbocycles. The van der Waals surface area contributed by atoms with Crippen molar-refractivity contribution in [2.24, 2.45) is 5.92 Å². The van der Waals surface area contributed by atoms with Crippen molar-refractivity contribution in [2.75, 3.05) is 13.2 Å². The zero-order valence-corrected chi connectivity index (χ0v) is 11.7. The minimum absolute atomic E-state index is 0.0121. The molecule has 1 fully saturated rings. The molecular formula is C15H22N2O2. The summed E-state index contributed by atoms with van der Waals surface area (Å²) in [7, 11) is 0. The lowest BCUT2D eigenvalue weighted by Gasteiger charge is -2.27. The van der Waals surface area contributed by atoms with Crippen LogP contribution in [0.5, 0.6) is 0 Å². The number of carbonyl (C=O) groups is 1. The molecule has 0 aromatic carbocycles. The summed E-state index contributed by atoms with van der Waals surface area (Å²) in [5.41, 5.74) is 1.06. The van der Waals surface area contributed by atoms with Crippen LogP contribution >= 0.6 is 0 Å². The Bertz CT molecular complexity index is 400. The molecule has 1 amide bonds. The van der Waals surface area contributed by atoms with Gasteiger partial charge >= 0.3 is 0 Å². The maximum atomic E-state index is 12.3. The molecule has 1 aromatic rings. The van der Waals surface area contributed by atoms with Crippen LogP contribution in [0.4, 0.5) is 0 Å². The summed E-state index contributed by atoms with van der Waals surface area (Å²) in [6.07, 6.45) is 5.91. The average Bonchev–Trinajstić information content (AvgIpc) is 2.91. The molecule has 2 rings (SSSR count). The normalized spacial score (nSPS) is 18.8. The van der Waals surface area contributed by atoms with E-state index >= 15 is 0 Å². The van der Waals surface area contributed by atoms with Gasteiger partial charge in [-0.1, -0.05) is 19.9 Å². The predicted molar refractivity (Wildman–Crippen MR) is 73.5 cm³/mol. The fourth-order valence-electron chi connectivity index (χ4n) is 2.34. The first-order chi connectivity index (χ1) is 9.16. The van der Waals surface area contributed by atoms with Crippen LogP contribution in [-0.2, 0) is 16.1 Å². The molecule has 0 spiro atoms. The summed E-state index contributed by atoms with van der Waals surface area (Å²) in [6, 6.07) is 3.91. The Morgan fingerprint density at radius 1 is 1.58 bits per heavy atom. The second kappa shape index (κ2) is 6.66. The molecule has 1 aliphatic rings. The quantitative estimate of drug-likeness (QED) is 0.817. The van der Waals surface area contributed by atoms with E-state index in [0.29, 0.717) is 13.1 Å². The number of hydrogen-bond donors (Lipinski definition) is 0. The summed E-state index contributed by atoms with van der Waals surface area (Å²) >= 11 is 0. The maximum absolute atomic E-state index is 12.3. The van der Waals surface area contributed by atoms with Crippen LogP contribution in [0.2, 0.25) is 0 Å². The highest BCUT2D eigenvalue weighted by atomic mass is 16.5. The topological polar surface area (TPSA) is 42.4 Å². The fourth-order valence-corrected chi connectivity index (χ4v) is 2.34. The standard InChI is InChI=1S/C15H22N2O2/c1-12(2)15(18)17(11-14-6-4-8-19-14)10-13-5-3-7-16-9-13/h3,5,7,9,12,14H,4,6,8,10-11H2,1-2H3. The van der Waals surface area contributed by atoms with Crippen molar-refractivity contribution in [3.8, 4) is 0 Å². The number of carbonyl (C=O) groups excluding carboxylic acids is 1. The average molecular weight is 262 g/mol. The van der Waals surface area contributed by atoms with Crippen LogP contribution in [-0.4, -0.2) is 35.0 Å². The summed E-state index contributed by atoms with van der Waals surface area (Å²) in [6.45, 7) is 6.00.